The number of hydrogen-bond acceptors (Lipinski definition) is 3. The van der Waals surface area contributed by atoms with Crippen LogP contribution in [0.1, 0.15) is 20.8 Å². The van der Waals surface area contributed by atoms with Gasteiger partial charge in [-0.25, -0.2) is 0 Å². The summed E-state index contributed by atoms with van der Waals surface area (Å²) >= 11 is 0. The Hall–Kier alpha value is -1.10. The molecule has 0 aromatic carbocycles. The van der Waals surface area contributed by atoms with Crippen molar-refractivity contribution < 1.29 is 9.59 Å². The highest BCUT2D eigenvalue weighted by atomic mass is 16.2. The lowest BCUT2D eigenvalue weighted by Crippen LogP contribution is -2.58. The second-order valence-corrected chi connectivity index (χ2v) is 4.35. The molecule has 2 amide bonds. The Kier molecular flexibility index (Phi) is 3.68. The van der Waals surface area contributed by atoms with E-state index in [0.29, 0.717) is 13.1 Å². The highest BCUT2D eigenvalue weighted by Crippen LogP contribution is 2.08. The maximum atomic E-state index is 12.0. The number of carbonyl (C=O) groups excluding carboxylic acids is 2. The van der Waals surface area contributed by atoms with Crippen LogP contribution >= 0.6 is 0 Å². The van der Waals surface area contributed by atoms with Crippen molar-refractivity contribution in [1.29, 1.82) is 0 Å². The molecule has 15 heavy (non-hydrogen) atoms. The molecule has 1 rings (SSSR count). The molecule has 5 heteroatoms. The summed E-state index contributed by atoms with van der Waals surface area (Å²) in [5.74, 6) is -0.192. The lowest BCUT2D eigenvalue weighted by Gasteiger charge is -2.34. The summed E-state index contributed by atoms with van der Waals surface area (Å²) in [5.41, 5.74) is -0.802. The topological polar surface area (TPSA) is 61.4 Å². The van der Waals surface area contributed by atoms with E-state index in [1.54, 1.807) is 18.7 Å². The van der Waals surface area contributed by atoms with Crippen LogP contribution in [-0.4, -0.2) is 48.4 Å². The van der Waals surface area contributed by atoms with Gasteiger partial charge >= 0.3 is 0 Å². The van der Waals surface area contributed by atoms with Gasteiger partial charge in [0.15, 0.2) is 0 Å². The number of nitrogens with one attached hydrogen (secondary N) is 2. The largest absolute Gasteiger partial charge is 0.342 e. The van der Waals surface area contributed by atoms with Crippen LogP contribution in [0.3, 0.4) is 0 Å². The number of hydrogen-bond donors (Lipinski definition) is 2. The number of nitrogens with zero attached hydrogens (tertiary/aromatic N) is 1. The summed E-state index contributed by atoms with van der Waals surface area (Å²) < 4.78 is 0. The Morgan fingerprint density at radius 1 is 1.27 bits per heavy atom. The van der Waals surface area contributed by atoms with E-state index in [1.165, 1.54) is 6.92 Å². The van der Waals surface area contributed by atoms with Crippen LogP contribution in [0.2, 0.25) is 0 Å². The first-order valence-electron chi connectivity index (χ1n) is 5.22. The first-order chi connectivity index (χ1) is 6.93. The monoisotopic (exact) mass is 213 g/mol. The van der Waals surface area contributed by atoms with Gasteiger partial charge in [0, 0.05) is 33.1 Å². The average Bonchev–Trinajstić information content (AvgIpc) is 2.16. The first-order valence-corrected chi connectivity index (χ1v) is 5.22. The van der Waals surface area contributed by atoms with Crippen LogP contribution in [0.15, 0.2) is 0 Å². The third kappa shape index (κ3) is 3.20. The summed E-state index contributed by atoms with van der Waals surface area (Å²) in [7, 11) is 0. The van der Waals surface area contributed by atoms with Crippen molar-refractivity contribution in [3.05, 3.63) is 0 Å². The van der Waals surface area contributed by atoms with Gasteiger partial charge in [-0.1, -0.05) is 0 Å². The molecule has 0 unspecified atom stereocenters. The van der Waals surface area contributed by atoms with Gasteiger partial charge in [-0.3, -0.25) is 9.59 Å². The summed E-state index contributed by atoms with van der Waals surface area (Å²) in [6.07, 6.45) is 0. The van der Waals surface area contributed by atoms with Gasteiger partial charge < -0.3 is 15.5 Å². The minimum absolute atomic E-state index is 0.0146. The van der Waals surface area contributed by atoms with Crippen LogP contribution < -0.4 is 10.6 Å². The van der Waals surface area contributed by atoms with E-state index >= 15 is 0 Å². The molecule has 1 aliphatic heterocycles. The van der Waals surface area contributed by atoms with Crippen molar-refractivity contribution in [2.75, 3.05) is 26.2 Å². The summed E-state index contributed by atoms with van der Waals surface area (Å²) in [6, 6.07) is 0. The zero-order chi connectivity index (χ0) is 11.5. The molecule has 0 spiro atoms. The smallest absolute Gasteiger partial charge is 0.247 e. The molecule has 0 aromatic heterocycles. The molecular formula is C10H19N3O2. The summed E-state index contributed by atoms with van der Waals surface area (Å²) in [6.45, 7) is 7.96. The molecule has 5 nitrogen and oxygen atoms in total. The van der Waals surface area contributed by atoms with E-state index in [-0.39, 0.29) is 11.8 Å². The minimum atomic E-state index is -0.802. The Labute approximate surface area is 90.2 Å². The Balaban J connectivity index is 2.60. The average molecular weight is 213 g/mol. The minimum Gasteiger partial charge on any atom is -0.342 e. The molecule has 86 valence electrons. The number of rotatable bonds is 2. The lowest BCUT2D eigenvalue weighted by molar-refractivity contribution is -0.140. The first kappa shape index (κ1) is 12.0. The van der Waals surface area contributed by atoms with Gasteiger partial charge in [-0.2, -0.15) is 0 Å². The molecule has 0 aliphatic carbocycles. The second kappa shape index (κ2) is 4.61. The van der Waals surface area contributed by atoms with Gasteiger partial charge in [0.05, 0.1) is 0 Å². The Morgan fingerprint density at radius 2 is 1.80 bits per heavy atom. The molecule has 0 radical (unpaired) electrons. The highest BCUT2D eigenvalue weighted by molar-refractivity contribution is 5.90. The van der Waals surface area contributed by atoms with Crippen molar-refractivity contribution >= 4 is 11.8 Å². The van der Waals surface area contributed by atoms with Crippen molar-refractivity contribution in [2.24, 2.45) is 0 Å². The highest BCUT2D eigenvalue weighted by Gasteiger charge is 2.32. The maximum absolute atomic E-state index is 12.0. The molecule has 1 fully saturated rings. The Morgan fingerprint density at radius 3 is 2.27 bits per heavy atom. The van der Waals surface area contributed by atoms with Crippen LogP contribution in [0.25, 0.3) is 0 Å². The molecule has 1 aliphatic rings. The predicted molar refractivity (Wildman–Crippen MR) is 57.3 cm³/mol. The molecule has 0 bridgehead atoms. The van der Waals surface area contributed by atoms with Crippen LogP contribution in [0.4, 0.5) is 0 Å². The second-order valence-electron chi connectivity index (χ2n) is 4.35. The van der Waals surface area contributed by atoms with E-state index in [2.05, 4.69) is 10.6 Å². The van der Waals surface area contributed by atoms with Gasteiger partial charge in [-0.05, 0) is 13.8 Å². The van der Waals surface area contributed by atoms with Gasteiger partial charge in [-0.15, -0.1) is 0 Å². The number of amides is 2. The third-order valence-electron chi connectivity index (χ3n) is 2.43. The van der Waals surface area contributed by atoms with E-state index < -0.39 is 5.54 Å². The van der Waals surface area contributed by atoms with Gasteiger partial charge in [0.2, 0.25) is 11.8 Å². The molecule has 2 N–H and O–H groups in total. The lowest BCUT2D eigenvalue weighted by atomic mass is 10.0. The Bertz CT molecular complexity index is 257. The van der Waals surface area contributed by atoms with Gasteiger partial charge in [0.1, 0.15) is 5.54 Å². The molecular weight excluding hydrogens is 194 g/mol. The summed E-state index contributed by atoms with van der Waals surface area (Å²) in [4.78, 5) is 24.8. The van der Waals surface area contributed by atoms with Crippen LogP contribution in [0.5, 0.6) is 0 Å². The molecule has 0 saturated carbocycles. The molecule has 0 aromatic rings. The molecule has 1 saturated heterocycles. The van der Waals surface area contributed by atoms with Crippen molar-refractivity contribution in [2.45, 2.75) is 26.3 Å². The quantitative estimate of drug-likeness (QED) is 0.639. The zero-order valence-corrected chi connectivity index (χ0v) is 9.59. The fourth-order valence-electron chi connectivity index (χ4n) is 1.76. The summed E-state index contributed by atoms with van der Waals surface area (Å²) in [5, 5.41) is 5.85. The fourth-order valence-corrected chi connectivity index (χ4v) is 1.76. The normalized spacial score (nSPS) is 17.4. The SMILES string of the molecule is CC(=O)NC(C)(C)C(=O)N1CCNCC1. The maximum Gasteiger partial charge on any atom is 0.247 e. The third-order valence-corrected chi connectivity index (χ3v) is 2.43. The fraction of sp³-hybridized carbons (Fsp3) is 0.800. The molecule has 1 heterocycles. The van der Waals surface area contributed by atoms with Gasteiger partial charge in [0.25, 0.3) is 0 Å². The standard InChI is InChI=1S/C10H19N3O2/c1-8(14)12-10(2,3)9(15)13-6-4-11-5-7-13/h11H,4-7H2,1-3H3,(H,12,14). The molecule has 0 atom stereocenters. The number of piperazine rings is 1. The van der Waals surface area contributed by atoms with Crippen molar-refractivity contribution in [3.8, 4) is 0 Å². The van der Waals surface area contributed by atoms with Crippen molar-refractivity contribution in [1.82, 2.24) is 15.5 Å². The van der Waals surface area contributed by atoms with Crippen LogP contribution in [0, 0.1) is 0 Å². The number of carbonyl (C=O) groups is 2. The van der Waals surface area contributed by atoms with Crippen molar-refractivity contribution in [3.63, 3.8) is 0 Å². The predicted octanol–water partition coefficient (Wildman–Crippen LogP) is -0.667. The van der Waals surface area contributed by atoms with E-state index in [0.717, 1.165) is 13.1 Å². The van der Waals surface area contributed by atoms with E-state index in [4.69, 9.17) is 0 Å². The van der Waals surface area contributed by atoms with E-state index in [1.807, 2.05) is 0 Å². The van der Waals surface area contributed by atoms with E-state index in [9.17, 15) is 9.59 Å². The zero-order valence-electron chi connectivity index (χ0n) is 9.59. The van der Waals surface area contributed by atoms with Crippen LogP contribution in [-0.2, 0) is 9.59 Å².